The van der Waals surface area contributed by atoms with Crippen molar-refractivity contribution in [1.82, 2.24) is 14.5 Å². The first-order chi connectivity index (χ1) is 10.1. The number of thiazole rings is 1. The fourth-order valence-electron chi connectivity index (χ4n) is 2.48. The number of nitrogens with zero attached hydrogens (tertiary/aromatic N) is 3. The Bertz CT molecular complexity index is 716. The van der Waals surface area contributed by atoms with Crippen LogP contribution in [0.25, 0.3) is 10.3 Å². The lowest BCUT2D eigenvalue weighted by atomic mass is 9.99. The third-order valence-corrected chi connectivity index (χ3v) is 4.42. The van der Waals surface area contributed by atoms with Gasteiger partial charge in [0.25, 0.3) is 0 Å². The molecule has 0 saturated carbocycles. The van der Waals surface area contributed by atoms with Crippen molar-refractivity contribution in [3.05, 3.63) is 15.9 Å². The molecule has 1 saturated heterocycles. The number of fused-ring (bicyclic) bond motifs is 1. The van der Waals surface area contributed by atoms with Crippen molar-refractivity contribution < 1.29 is 20.1 Å². The molecule has 21 heavy (non-hydrogen) atoms. The zero-order chi connectivity index (χ0) is 15.1. The SMILES string of the molecule is Nc1ncc2sc(=O)n([C@@H]3O[C@H](CO)[C@@H](CO)[C@H]3O)c2n1. The van der Waals surface area contributed by atoms with Gasteiger partial charge in [0.05, 0.1) is 30.2 Å². The van der Waals surface area contributed by atoms with Gasteiger partial charge in [0.15, 0.2) is 11.9 Å². The highest BCUT2D eigenvalue weighted by atomic mass is 32.1. The van der Waals surface area contributed by atoms with Crippen LogP contribution in [0.15, 0.2) is 11.0 Å². The third-order valence-electron chi connectivity index (χ3n) is 3.54. The molecule has 114 valence electrons. The smallest absolute Gasteiger partial charge is 0.311 e. The fourth-order valence-corrected chi connectivity index (χ4v) is 3.30. The van der Waals surface area contributed by atoms with Gasteiger partial charge in [-0.05, 0) is 0 Å². The van der Waals surface area contributed by atoms with E-state index in [0.29, 0.717) is 4.70 Å². The van der Waals surface area contributed by atoms with Crippen molar-refractivity contribution in [2.24, 2.45) is 5.92 Å². The molecule has 2 aromatic heterocycles. The molecule has 0 amide bonds. The van der Waals surface area contributed by atoms with Crippen molar-refractivity contribution in [3.63, 3.8) is 0 Å². The highest BCUT2D eigenvalue weighted by Crippen LogP contribution is 2.34. The van der Waals surface area contributed by atoms with E-state index in [9.17, 15) is 20.1 Å². The number of anilines is 1. The van der Waals surface area contributed by atoms with E-state index in [1.165, 1.54) is 10.8 Å². The zero-order valence-electron chi connectivity index (χ0n) is 10.8. The summed E-state index contributed by atoms with van der Waals surface area (Å²) in [6, 6.07) is 0. The first kappa shape index (κ1) is 14.4. The second-order valence-corrected chi connectivity index (χ2v) is 5.73. The van der Waals surface area contributed by atoms with Crippen LogP contribution in [0.2, 0.25) is 0 Å². The summed E-state index contributed by atoms with van der Waals surface area (Å²) in [5.41, 5.74) is 5.79. The van der Waals surface area contributed by atoms with Crippen LogP contribution in [-0.2, 0) is 4.74 Å². The van der Waals surface area contributed by atoms with Crippen LogP contribution in [0.1, 0.15) is 6.23 Å². The van der Waals surface area contributed by atoms with Gasteiger partial charge in [0, 0.05) is 5.92 Å². The molecule has 0 bridgehead atoms. The molecule has 0 unspecified atom stereocenters. The second kappa shape index (κ2) is 5.31. The minimum absolute atomic E-state index is 0.000969. The van der Waals surface area contributed by atoms with Gasteiger partial charge in [-0.1, -0.05) is 11.3 Å². The maximum Gasteiger partial charge on any atom is 0.311 e. The van der Waals surface area contributed by atoms with Crippen LogP contribution in [0, 0.1) is 5.92 Å². The van der Waals surface area contributed by atoms with E-state index in [2.05, 4.69) is 9.97 Å². The van der Waals surface area contributed by atoms with Gasteiger partial charge in [-0.25, -0.2) is 4.98 Å². The molecule has 3 rings (SSSR count). The first-order valence-corrected chi connectivity index (χ1v) is 7.07. The van der Waals surface area contributed by atoms with Crippen molar-refractivity contribution in [3.8, 4) is 0 Å². The number of nitrogens with two attached hydrogens (primary N) is 1. The first-order valence-electron chi connectivity index (χ1n) is 6.25. The number of nitrogen functional groups attached to an aromatic ring is 1. The summed E-state index contributed by atoms with van der Waals surface area (Å²) < 4.78 is 7.20. The van der Waals surface area contributed by atoms with E-state index >= 15 is 0 Å². The van der Waals surface area contributed by atoms with Crippen LogP contribution in [0.3, 0.4) is 0 Å². The van der Waals surface area contributed by atoms with Crippen molar-refractivity contribution in [2.45, 2.75) is 18.4 Å². The van der Waals surface area contributed by atoms with Crippen molar-refractivity contribution in [2.75, 3.05) is 18.9 Å². The predicted molar refractivity (Wildman–Crippen MR) is 73.7 cm³/mol. The van der Waals surface area contributed by atoms with Crippen LogP contribution in [0.5, 0.6) is 0 Å². The molecule has 0 aliphatic carbocycles. The summed E-state index contributed by atoms with van der Waals surface area (Å²) in [6.45, 7) is -0.733. The number of hydrogen-bond acceptors (Lipinski definition) is 9. The van der Waals surface area contributed by atoms with Crippen LogP contribution < -0.4 is 10.6 Å². The number of aliphatic hydroxyl groups excluding tert-OH is 3. The Morgan fingerprint density at radius 1 is 1.43 bits per heavy atom. The van der Waals surface area contributed by atoms with Gasteiger partial charge in [-0.3, -0.25) is 9.36 Å². The summed E-state index contributed by atoms with van der Waals surface area (Å²) in [5.74, 6) is -0.681. The van der Waals surface area contributed by atoms with Gasteiger partial charge < -0.3 is 25.8 Å². The van der Waals surface area contributed by atoms with Crippen LogP contribution in [0.4, 0.5) is 5.95 Å². The Kier molecular flexibility index (Phi) is 3.63. The maximum absolute atomic E-state index is 12.1. The zero-order valence-corrected chi connectivity index (χ0v) is 11.6. The average molecular weight is 314 g/mol. The molecular formula is C11H14N4O5S. The third kappa shape index (κ3) is 2.21. The number of hydrogen-bond donors (Lipinski definition) is 4. The summed E-state index contributed by atoms with van der Waals surface area (Å²) in [6.07, 6.45) is -1.50. The molecule has 10 heteroatoms. The number of rotatable bonds is 3. The molecule has 5 N–H and O–H groups in total. The summed E-state index contributed by atoms with van der Waals surface area (Å²) in [5, 5.41) is 28.8. The molecule has 1 aliphatic heterocycles. The van der Waals surface area contributed by atoms with E-state index in [1.807, 2.05) is 0 Å². The Hall–Kier alpha value is -1.59. The quantitative estimate of drug-likeness (QED) is 0.524. The minimum atomic E-state index is -1.14. The Morgan fingerprint density at radius 2 is 2.19 bits per heavy atom. The van der Waals surface area contributed by atoms with Gasteiger partial charge in [0.2, 0.25) is 5.95 Å². The molecule has 4 atom stereocenters. The molecule has 1 fully saturated rings. The van der Waals surface area contributed by atoms with Crippen molar-refractivity contribution >= 4 is 27.6 Å². The van der Waals surface area contributed by atoms with E-state index in [0.717, 1.165) is 11.3 Å². The Balaban J connectivity index is 2.10. The van der Waals surface area contributed by atoms with Gasteiger partial charge in [-0.2, -0.15) is 4.98 Å². The maximum atomic E-state index is 12.1. The van der Waals surface area contributed by atoms with E-state index < -0.39 is 24.4 Å². The van der Waals surface area contributed by atoms with Gasteiger partial charge in [0.1, 0.15) is 6.10 Å². The van der Waals surface area contributed by atoms with E-state index in [4.69, 9.17) is 10.5 Å². The van der Waals surface area contributed by atoms with Gasteiger partial charge >= 0.3 is 4.87 Å². The van der Waals surface area contributed by atoms with Gasteiger partial charge in [-0.15, -0.1) is 0 Å². The Morgan fingerprint density at radius 3 is 2.81 bits per heavy atom. The molecule has 0 aromatic carbocycles. The lowest BCUT2D eigenvalue weighted by Gasteiger charge is -2.17. The van der Waals surface area contributed by atoms with Crippen molar-refractivity contribution in [1.29, 1.82) is 0 Å². The summed E-state index contributed by atoms with van der Waals surface area (Å²) in [7, 11) is 0. The summed E-state index contributed by atoms with van der Waals surface area (Å²) in [4.78, 5) is 19.6. The molecule has 9 nitrogen and oxygen atoms in total. The molecule has 2 aromatic rings. The van der Waals surface area contributed by atoms with E-state index in [-0.39, 0.29) is 29.7 Å². The number of aliphatic hydroxyl groups is 3. The predicted octanol–water partition coefficient (Wildman–Crippen LogP) is -1.71. The monoisotopic (exact) mass is 314 g/mol. The topological polar surface area (TPSA) is 144 Å². The Labute approximate surface area is 122 Å². The van der Waals surface area contributed by atoms with Crippen LogP contribution in [-0.4, -0.2) is 55.3 Å². The van der Waals surface area contributed by atoms with E-state index in [1.54, 1.807) is 0 Å². The lowest BCUT2D eigenvalue weighted by Crippen LogP contribution is -2.32. The summed E-state index contributed by atoms with van der Waals surface area (Å²) >= 11 is 0.905. The molecular weight excluding hydrogens is 300 g/mol. The highest BCUT2D eigenvalue weighted by Gasteiger charge is 2.45. The lowest BCUT2D eigenvalue weighted by molar-refractivity contribution is -0.0504. The standard InChI is InChI=1S/C11H14N4O5S/c12-10-13-1-6-8(14-10)15(11(19)21-6)9-7(18)4(2-16)5(3-17)20-9/h1,4-5,7,9,16-18H,2-3H2,(H2,12,13,14)/t4-,5-,7-,9-/m1/s1. The molecule has 3 heterocycles. The average Bonchev–Trinajstić information content (AvgIpc) is 2.94. The molecule has 1 aliphatic rings. The van der Waals surface area contributed by atoms with Crippen LogP contribution >= 0.6 is 11.3 Å². The molecule has 0 spiro atoms. The minimum Gasteiger partial charge on any atom is -0.396 e. The molecule has 0 radical (unpaired) electrons. The second-order valence-electron chi connectivity index (χ2n) is 4.74. The number of ether oxygens (including phenoxy) is 1. The fraction of sp³-hybridized carbons (Fsp3) is 0.545. The largest absolute Gasteiger partial charge is 0.396 e. The normalized spacial score (nSPS) is 29.3. The number of aromatic nitrogens is 3. The highest BCUT2D eigenvalue weighted by molar-refractivity contribution is 7.16.